The van der Waals surface area contributed by atoms with Gasteiger partial charge in [0.1, 0.15) is 0 Å². The molecular formula is C21H23N5O3S2. The van der Waals surface area contributed by atoms with E-state index in [0.717, 1.165) is 22.7 Å². The molecule has 4 rings (SSSR count). The van der Waals surface area contributed by atoms with Crippen molar-refractivity contribution in [1.29, 1.82) is 0 Å². The van der Waals surface area contributed by atoms with Crippen molar-refractivity contribution in [3.05, 3.63) is 60.2 Å². The van der Waals surface area contributed by atoms with Crippen molar-refractivity contribution in [2.24, 2.45) is 0 Å². The van der Waals surface area contributed by atoms with Crippen LogP contribution in [0.15, 0.2) is 59.5 Å². The van der Waals surface area contributed by atoms with Crippen LogP contribution in [0.1, 0.15) is 5.56 Å². The summed E-state index contributed by atoms with van der Waals surface area (Å²) >= 11 is 1.14. The molecule has 162 valence electrons. The molecule has 2 heterocycles. The maximum atomic E-state index is 12.8. The van der Waals surface area contributed by atoms with E-state index in [1.54, 1.807) is 24.3 Å². The van der Waals surface area contributed by atoms with Gasteiger partial charge in [0.05, 0.1) is 11.4 Å². The third-order valence-corrected chi connectivity index (χ3v) is 7.60. The van der Waals surface area contributed by atoms with Gasteiger partial charge in [-0.25, -0.2) is 8.42 Å². The molecule has 0 aliphatic carbocycles. The van der Waals surface area contributed by atoms with Crippen molar-refractivity contribution in [2.75, 3.05) is 38.0 Å². The fourth-order valence-corrected chi connectivity index (χ4v) is 5.36. The number of nitrogens with one attached hydrogen (secondary N) is 1. The molecule has 2 aromatic carbocycles. The van der Waals surface area contributed by atoms with Crippen LogP contribution in [0.25, 0.3) is 11.4 Å². The molecule has 1 fully saturated rings. The predicted molar refractivity (Wildman–Crippen MR) is 120 cm³/mol. The Labute approximate surface area is 185 Å². The van der Waals surface area contributed by atoms with Crippen LogP contribution in [-0.2, 0) is 14.8 Å². The molecule has 0 radical (unpaired) electrons. The summed E-state index contributed by atoms with van der Waals surface area (Å²) in [4.78, 5) is 19.0. The molecule has 1 aromatic heterocycles. The number of carbonyl (C=O) groups excluding carboxylic acids is 1. The van der Waals surface area contributed by atoms with Crippen LogP contribution in [0, 0.1) is 6.92 Å². The van der Waals surface area contributed by atoms with E-state index in [4.69, 9.17) is 0 Å². The second-order valence-corrected chi connectivity index (χ2v) is 10.0. The summed E-state index contributed by atoms with van der Waals surface area (Å²) in [5.74, 6) is 0.390. The minimum absolute atomic E-state index is 0.179. The molecule has 1 aliphatic heterocycles. The SMILES string of the molecule is Cc1ccc(S(=O)(=O)N2CCN(CC(=O)Nc3nc(-c4ccccc4)ns3)CC2)cc1. The first-order valence-electron chi connectivity index (χ1n) is 9.90. The average molecular weight is 458 g/mol. The number of hydrogen-bond acceptors (Lipinski definition) is 7. The van der Waals surface area contributed by atoms with Crippen LogP contribution >= 0.6 is 11.5 Å². The number of carbonyl (C=O) groups is 1. The largest absolute Gasteiger partial charge is 0.300 e. The molecule has 1 saturated heterocycles. The van der Waals surface area contributed by atoms with E-state index in [-0.39, 0.29) is 12.5 Å². The molecule has 0 atom stereocenters. The number of rotatable bonds is 6. The minimum Gasteiger partial charge on any atom is -0.300 e. The second kappa shape index (κ2) is 9.23. The van der Waals surface area contributed by atoms with Gasteiger partial charge in [-0.05, 0) is 19.1 Å². The molecule has 10 heteroatoms. The van der Waals surface area contributed by atoms with E-state index in [2.05, 4.69) is 14.7 Å². The average Bonchev–Trinajstić information content (AvgIpc) is 3.23. The van der Waals surface area contributed by atoms with E-state index in [0.29, 0.717) is 42.0 Å². The van der Waals surface area contributed by atoms with Gasteiger partial charge in [-0.1, -0.05) is 48.0 Å². The van der Waals surface area contributed by atoms with Gasteiger partial charge in [0.2, 0.25) is 21.1 Å². The highest BCUT2D eigenvalue weighted by molar-refractivity contribution is 7.89. The van der Waals surface area contributed by atoms with E-state index in [1.165, 1.54) is 4.31 Å². The summed E-state index contributed by atoms with van der Waals surface area (Å²) < 4.78 is 31.4. The van der Waals surface area contributed by atoms with Crippen molar-refractivity contribution in [3.63, 3.8) is 0 Å². The van der Waals surface area contributed by atoms with Crippen molar-refractivity contribution < 1.29 is 13.2 Å². The Balaban J connectivity index is 1.29. The first-order valence-corrected chi connectivity index (χ1v) is 12.1. The molecule has 8 nitrogen and oxygen atoms in total. The van der Waals surface area contributed by atoms with E-state index >= 15 is 0 Å². The van der Waals surface area contributed by atoms with Crippen LogP contribution < -0.4 is 5.32 Å². The van der Waals surface area contributed by atoms with Gasteiger partial charge < -0.3 is 0 Å². The Morgan fingerprint density at radius 1 is 1.03 bits per heavy atom. The van der Waals surface area contributed by atoms with E-state index in [9.17, 15) is 13.2 Å². The Hall–Kier alpha value is -2.66. The summed E-state index contributed by atoms with van der Waals surface area (Å²) in [6.45, 7) is 3.78. The van der Waals surface area contributed by atoms with E-state index < -0.39 is 10.0 Å². The molecule has 31 heavy (non-hydrogen) atoms. The van der Waals surface area contributed by atoms with Gasteiger partial charge in [0, 0.05) is 43.3 Å². The molecule has 1 N–H and O–H groups in total. The lowest BCUT2D eigenvalue weighted by Crippen LogP contribution is -2.50. The van der Waals surface area contributed by atoms with Crippen molar-refractivity contribution in [2.45, 2.75) is 11.8 Å². The summed E-state index contributed by atoms with van der Waals surface area (Å²) in [7, 11) is -3.51. The Morgan fingerprint density at radius 3 is 2.39 bits per heavy atom. The topological polar surface area (TPSA) is 95.5 Å². The Morgan fingerprint density at radius 2 is 1.71 bits per heavy atom. The Kier molecular flexibility index (Phi) is 6.42. The highest BCUT2D eigenvalue weighted by atomic mass is 32.2. The lowest BCUT2D eigenvalue weighted by Gasteiger charge is -2.33. The number of piperazine rings is 1. The van der Waals surface area contributed by atoms with Crippen molar-refractivity contribution in [3.8, 4) is 11.4 Å². The Bertz CT molecular complexity index is 1140. The van der Waals surface area contributed by atoms with Gasteiger partial charge >= 0.3 is 0 Å². The van der Waals surface area contributed by atoms with Crippen LogP contribution in [0.4, 0.5) is 5.13 Å². The van der Waals surface area contributed by atoms with Gasteiger partial charge in [0.15, 0.2) is 5.82 Å². The zero-order chi connectivity index (χ0) is 21.8. The minimum atomic E-state index is -3.51. The summed E-state index contributed by atoms with van der Waals surface area (Å²) in [5.41, 5.74) is 1.91. The molecule has 3 aromatic rings. The number of sulfonamides is 1. The van der Waals surface area contributed by atoms with Crippen molar-refractivity contribution in [1.82, 2.24) is 18.6 Å². The van der Waals surface area contributed by atoms with Crippen LogP contribution in [0.2, 0.25) is 0 Å². The highest BCUT2D eigenvalue weighted by Crippen LogP contribution is 2.21. The normalized spacial score (nSPS) is 15.6. The fraction of sp³-hybridized carbons (Fsp3) is 0.286. The quantitative estimate of drug-likeness (QED) is 0.611. The number of benzene rings is 2. The maximum Gasteiger partial charge on any atom is 0.243 e. The number of nitrogens with zero attached hydrogens (tertiary/aromatic N) is 4. The zero-order valence-electron chi connectivity index (χ0n) is 17.1. The number of amides is 1. The molecule has 1 aliphatic rings. The summed E-state index contributed by atoms with van der Waals surface area (Å²) in [6.07, 6.45) is 0. The highest BCUT2D eigenvalue weighted by Gasteiger charge is 2.29. The molecule has 0 spiro atoms. The molecule has 1 amide bonds. The first-order chi connectivity index (χ1) is 14.9. The van der Waals surface area contributed by atoms with Gasteiger partial charge in [-0.3, -0.25) is 15.0 Å². The summed E-state index contributed by atoms with van der Waals surface area (Å²) in [5, 5.41) is 3.23. The molecule has 0 saturated carbocycles. The first kappa shape index (κ1) is 21.6. The zero-order valence-corrected chi connectivity index (χ0v) is 18.7. The molecule has 0 bridgehead atoms. The predicted octanol–water partition coefficient (Wildman–Crippen LogP) is 2.46. The van der Waals surface area contributed by atoms with Crippen LogP contribution in [-0.4, -0.2) is 65.6 Å². The third-order valence-electron chi connectivity index (χ3n) is 5.06. The summed E-state index contributed by atoms with van der Waals surface area (Å²) in [6, 6.07) is 16.4. The van der Waals surface area contributed by atoms with E-state index in [1.807, 2.05) is 42.2 Å². The monoisotopic (exact) mass is 457 g/mol. The second-order valence-electron chi connectivity index (χ2n) is 7.33. The number of aromatic nitrogens is 2. The molecule has 0 unspecified atom stereocenters. The van der Waals surface area contributed by atoms with Gasteiger partial charge in [-0.2, -0.15) is 13.7 Å². The van der Waals surface area contributed by atoms with Crippen LogP contribution in [0.3, 0.4) is 0 Å². The lowest BCUT2D eigenvalue weighted by molar-refractivity contribution is -0.117. The van der Waals surface area contributed by atoms with Crippen molar-refractivity contribution >= 4 is 32.6 Å². The fourth-order valence-electron chi connectivity index (χ4n) is 3.33. The number of anilines is 1. The third kappa shape index (κ3) is 5.16. The standard InChI is InChI=1S/C21H23N5O3S2/c1-16-7-9-18(10-8-16)31(28,29)26-13-11-25(12-14-26)15-19(27)22-21-23-20(24-30-21)17-5-3-2-4-6-17/h2-10H,11-15H2,1H3,(H,22,23,24,27). The van der Waals surface area contributed by atoms with Gasteiger partial charge in [0.25, 0.3) is 0 Å². The number of hydrogen-bond donors (Lipinski definition) is 1. The molecular weight excluding hydrogens is 434 g/mol. The van der Waals surface area contributed by atoms with Gasteiger partial charge in [-0.15, -0.1) is 0 Å². The maximum absolute atomic E-state index is 12.8. The van der Waals surface area contributed by atoms with Crippen LogP contribution in [0.5, 0.6) is 0 Å². The smallest absolute Gasteiger partial charge is 0.243 e. The lowest BCUT2D eigenvalue weighted by atomic mass is 10.2. The number of aryl methyl sites for hydroxylation is 1.